The lowest BCUT2D eigenvalue weighted by Gasteiger charge is -2.18. The van der Waals surface area contributed by atoms with Crippen LogP contribution in [0.15, 0.2) is 29.2 Å². The van der Waals surface area contributed by atoms with Crippen molar-refractivity contribution in [3.8, 4) is 0 Å². The van der Waals surface area contributed by atoms with E-state index in [9.17, 15) is 9.59 Å². The zero-order chi connectivity index (χ0) is 19.4. The van der Waals surface area contributed by atoms with E-state index < -0.39 is 0 Å². The van der Waals surface area contributed by atoms with E-state index in [-0.39, 0.29) is 11.9 Å². The number of anilines is 1. The summed E-state index contributed by atoms with van der Waals surface area (Å²) in [6, 6.07) is 7.58. The predicted octanol–water partition coefficient (Wildman–Crippen LogP) is 5.41. The first kappa shape index (κ1) is 20.0. The van der Waals surface area contributed by atoms with Crippen molar-refractivity contribution in [2.45, 2.75) is 44.9 Å². The average Bonchev–Trinajstić information content (AvgIpc) is 2.99. The van der Waals surface area contributed by atoms with Crippen LogP contribution in [-0.4, -0.2) is 24.2 Å². The molecule has 1 atom stereocenters. The lowest BCUT2D eigenvalue weighted by Crippen LogP contribution is -2.17. The van der Waals surface area contributed by atoms with Crippen molar-refractivity contribution in [2.75, 3.05) is 17.7 Å². The van der Waals surface area contributed by atoms with Crippen molar-refractivity contribution in [3.05, 3.63) is 45.8 Å². The lowest BCUT2D eigenvalue weighted by molar-refractivity contribution is 0.0526. The van der Waals surface area contributed by atoms with Gasteiger partial charge in [0.05, 0.1) is 17.7 Å². The number of fused-ring (bicyclic) bond motifs is 1. The summed E-state index contributed by atoms with van der Waals surface area (Å²) in [6.45, 7) is 6.41. The number of ether oxygens (including phenoxy) is 1. The highest BCUT2D eigenvalue weighted by atomic mass is 32.2. The van der Waals surface area contributed by atoms with Crippen LogP contribution in [-0.2, 0) is 17.6 Å². The van der Waals surface area contributed by atoms with Crippen LogP contribution in [0.4, 0.5) is 5.00 Å². The Balaban J connectivity index is 1.94. The molecule has 1 heterocycles. The number of hydrogen-bond acceptors (Lipinski definition) is 5. The smallest absolute Gasteiger partial charge is 0.341 e. The number of rotatable bonds is 6. The number of carbonyl (C=O) groups is 2. The van der Waals surface area contributed by atoms with Crippen molar-refractivity contribution in [3.63, 3.8) is 0 Å². The SMILES string of the molecule is CCOC(=O)c1c(NC(=O)c2ccccc2SCC)sc2c1CCC(C)C2. The second-order valence-corrected chi connectivity index (χ2v) is 9.07. The molecule has 4 nitrogen and oxygen atoms in total. The second-order valence-electron chi connectivity index (χ2n) is 6.66. The molecule has 6 heteroatoms. The van der Waals surface area contributed by atoms with Crippen molar-refractivity contribution < 1.29 is 14.3 Å². The molecule has 2 aromatic rings. The number of amides is 1. The van der Waals surface area contributed by atoms with Gasteiger partial charge in [-0.25, -0.2) is 4.79 Å². The van der Waals surface area contributed by atoms with E-state index in [1.165, 1.54) is 16.2 Å². The fourth-order valence-electron chi connectivity index (χ4n) is 3.36. The van der Waals surface area contributed by atoms with Crippen molar-refractivity contribution in [1.82, 2.24) is 0 Å². The average molecular weight is 404 g/mol. The molecule has 1 aliphatic rings. The fraction of sp³-hybridized carbons (Fsp3) is 0.429. The fourth-order valence-corrected chi connectivity index (χ4v) is 5.56. The molecule has 0 aliphatic heterocycles. The topological polar surface area (TPSA) is 55.4 Å². The quantitative estimate of drug-likeness (QED) is 0.517. The van der Waals surface area contributed by atoms with E-state index in [1.807, 2.05) is 24.3 Å². The van der Waals surface area contributed by atoms with Crippen LogP contribution in [0.5, 0.6) is 0 Å². The zero-order valence-electron chi connectivity index (χ0n) is 16.0. The summed E-state index contributed by atoms with van der Waals surface area (Å²) in [5.41, 5.74) is 2.25. The van der Waals surface area contributed by atoms with Crippen LogP contribution in [0.25, 0.3) is 0 Å². The van der Waals surface area contributed by atoms with E-state index >= 15 is 0 Å². The normalized spacial score (nSPS) is 15.9. The molecule has 1 amide bonds. The Labute approximate surface area is 168 Å². The number of esters is 1. The third kappa shape index (κ3) is 4.38. The summed E-state index contributed by atoms with van der Waals surface area (Å²) in [4.78, 5) is 27.7. The molecule has 0 fully saturated rings. The highest BCUT2D eigenvalue weighted by Crippen LogP contribution is 2.40. The maximum absolute atomic E-state index is 12.9. The van der Waals surface area contributed by atoms with Gasteiger partial charge in [0, 0.05) is 9.77 Å². The van der Waals surface area contributed by atoms with Crippen LogP contribution < -0.4 is 5.32 Å². The standard InChI is InChI=1S/C21H25NO3S2/c1-4-25-21(24)18-14-11-10-13(3)12-17(14)27-20(18)22-19(23)15-8-6-7-9-16(15)26-5-2/h6-9,13H,4-5,10-12H2,1-3H3,(H,22,23). The zero-order valence-corrected chi connectivity index (χ0v) is 17.6. The minimum absolute atomic E-state index is 0.177. The molecule has 1 aromatic carbocycles. The third-order valence-electron chi connectivity index (χ3n) is 4.65. The van der Waals surface area contributed by atoms with Gasteiger partial charge in [-0.15, -0.1) is 23.1 Å². The Morgan fingerprint density at radius 1 is 1.30 bits per heavy atom. The number of nitrogens with one attached hydrogen (secondary N) is 1. The van der Waals surface area contributed by atoms with E-state index in [2.05, 4.69) is 19.2 Å². The van der Waals surface area contributed by atoms with E-state index in [4.69, 9.17) is 4.74 Å². The molecule has 144 valence electrons. The Kier molecular flexibility index (Phi) is 6.60. The Morgan fingerprint density at radius 3 is 2.81 bits per heavy atom. The maximum Gasteiger partial charge on any atom is 0.341 e. The number of hydrogen-bond donors (Lipinski definition) is 1. The Morgan fingerprint density at radius 2 is 2.07 bits per heavy atom. The molecule has 1 aliphatic carbocycles. The van der Waals surface area contributed by atoms with Crippen LogP contribution in [0, 0.1) is 5.92 Å². The maximum atomic E-state index is 12.9. The number of carbonyl (C=O) groups excluding carboxylic acids is 2. The van der Waals surface area contributed by atoms with Gasteiger partial charge in [0.2, 0.25) is 0 Å². The largest absolute Gasteiger partial charge is 0.462 e. The highest BCUT2D eigenvalue weighted by Gasteiger charge is 2.29. The second kappa shape index (κ2) is 8.93. The monoisotopic (exact) mass is 403 g/mol. The summed E-state index contributed by atoms with van der Waals surface area (Å²) in [7, 11) is 0. The molecule has 1 aromatic heterocycles. The van der Waals surface area contributed by atoms with Crippen LogP contribution in [0.1, 0.15) is 58.3 Å². The van der Waals surface area contributed by atoms with E-state index in [0.29, 0.717) is 28.7 Å². The molecule has 0 radical (unpaired) electrons. The third-order valence-corrected chi connectivity index (χ3v) is 6.78. The van der Waals surface area contributed by atoms with Crippen molar-refractivity contribution in [1.29, 1.82) is 0 Å². The molecule has 1 unspecified atom stereocenters. The first-order valence-electron chi connectivity index (χ1n) is 9.39. The molecular weight excluding hydrogens is 378 g/mol. The van der Waals surface area contributed by atoms with Gasteiger partial charge < -0.3 is 10.1 Å². The molecule has 3 rings (SSSR count). The van der Waals surface area contributed by atoms with Gasteiger partial charge in [-0.05, 0) is 55.6 Å². The molecule has 0 saturated heterocycles. The molecule has 0 spiro atoms. The summed E-state index contributed by atoms with van der Waals surface area (Å²) >= 11 is 3.16. The van der Waals surface area contributed by atoms with Gasteiger partial charge in [0.1, 0.15) is 5.00 Å². The predicted molar refractivity (Wildman–Crippen MR) is 112 cm³/mol. The van der Waals surface area contributed by atoms with Crippen LogP contribution >= 0.6 is 23.1 Å². The van der Waals surface area contributed by atoms with Crippen molar-refractivity contribution in [2.24, 2.45) is 5.92 Å². The first-order chi connectivity index (χ1) is 13.0. The van der Waals surface area contributed by atoms with Gasteiger partial charge in [-0.3, -0.25) is 4.79 Å². The van der Waals surface area contributed by atoms with E-state index in [1.54, 1.807) is 18.7 Å². The van der Waals surface area contributed by atoms with Crippen LogP contribution in [0.3, 0.4) is 0 Å². The first-order valence-corrected chi connectivity index (χ1v) is 11.2. The van der Waals surface area contributed by atoms with Gasteiger partial charge in [0.15, 0.2) is 0 Å². The number of thiophene rings is 1. The molecular formula is C21H25NO3S2. The van der Waals surface area contributed by atoms with Gasteiger partial charge >= 0.3 is 5.97 Å². The molecule has 0 saturated carbocycles. The minimum atomic E-state index is -0.337. The Hall–Kier alpha value is -1.79. The summed E-state index contributed by atoms with van der Waals surface area (Å²) < 4.78 is 5.28. The number of thioether (sulfide) groups is 1. The highest BCUT2D eigenvalue weighted by molar-refractivity contribution is 7.99. The summed E-state index contributed by atoms with van der Waals surface area (Å²) in [5.74, 6) is 0.972. The minimum Gasteiger partial charge on any atom is -0.462 e. The summed E-state index contributed by atoms with van der Waals surface area (Å²) in [6.07, 6.45) is 2.86. The molecule has 0 bridgehead atoms. The molecule has 27 heavy (non-hydrogen) atoms. The van der Waals surface area contributed by atoms with E-state index in [0.717, 1.165) is 35.5 Å². The van der Waals surface area contributed by atoms with Gasteiger partial charge in [-0.2, -0.15) is 0 Å². The Bertz CT molecular complexity index is 844. The number of benzene rings is 1. The van der Waals surface area contributed by atoms with Gasteiger partial charge in [0.25, 0.3) is 5.91 Å². The summed E-state index contributed by atoms with van der Waals surface area (Å²) in [5, 5.41) is 3.62. The van der Waals surface area contributed by atoms with Crippen LogP contribution in [0.2, 0.25) is 0 Å². The van der Waals surface area contributed by atoms with Gasteiger partial charge in [-0.1, -0.05) is 26.0 Å². The van der Waals surface area contributed by atoms with Crippen molar-refractivity contribution >= 4 is 40.0 Å². The molecule has 1 N–H and O–H groups in total. The lowest BCUT2D eigenvalue weighted by atomic mass is 9.88.